The van der Waals surface area contributed by atoms with Gasteiger partial charge in [0.1, 0.15) is 5.75 Å². The van der Waals surface area contributed by atoms with Crippen molar-refractivity contribution in [2.75, 3.05) is 5.73 Å². The maximum atomic E-state index is 9.60. The highest BCUT2D eigenvalue weighted by atomic mass is 16.3. The van der Waals surface area contributed by atoms with Gasteiger partial charge in [-0.25, -0.2) is 0 Å². The lowest BCUT2D eigenvalue weighted by atomic mass is 9.96. The van der Waals surface area contributed by atoms with Crippen LogP contribution in [0.25, 0.3) is 0 Å². The lowest BCUT2D eigenvalue weighted by Crippen LogP contribution is -2.33. The van der Waals surface area contributed by atoms with Crippen molar-refractivity contribution in [1.29, 1.82) is 0 Å². The highest BCUT2D eigenvalue weighted by molar-refractivity contribution is 5.53. The number of hydrogen-bond acceptors (Lipinski definition) is 4. The maximum Gasteiger partial charge on any atom is 0.138 e. The molecule has 0 saturated heterocycles. The Morgan fingerprint density at radius 1 is 1.29 bits per heavy atom. The quantitative estimate of drug-likeness (QED) is 0.446. The first-order valence-corrected chi connectivity index (χ1v) is 5.46. The first-order valence-electron chi connectivity index (χ1n) is 5.46. The van der Waals surface area contributed by atoms with E-state index >= 15 is 0 Å². The van der Waals surface area contributed by atoms with Crippen LogP contribution in [-0.2, 0) is 6.42 Å². The molecule has 2 atom stereocenters. The number of nitrogen functional groups attached to an aromatic ring is 1. The average molecular weight is 232 g/mol. The van der Waals surface area contributed by atoms with Gasteiger partial charge in [-0.15, -0.1) is 0 Å². The van der Waals surface area contributed by atoms with E-state index in [1.165, 1.54) is 0 Å². The summed E-state index contributed by atoms with van der Waals surface area (Å²) in [5, 5.41) is 19.1. The van der Waals surface area contributed by atoms with Crippen molar-refractivity contribution in [3.8, 4) is 5.75 Å². The summed E-state index contributed by atoms with van der Waals surface area (Å²) in [7, 11) is 0. The van der Waals surface area contributed by atoms with Crippen molar-refractivity contribution in [1.82, 2.24) is 0 Å². The van der Waals surface area contributed by atoms with E-state index in [0.29, 0.717) is 12.1 Å². The van der Waals surface area contributed by atoms with Crippen molar-refractivity contribution in [2.24, 2.45) is 5.73 Å². The minimum atomic E-state index is -0.641. The molecule has 0 aliphatic heterocycles. The molecule has 0 aromatic heterocycles. The minimum absolute atomic E-state index is 0.0835. The number of benzene rings is 1. The van der Waals surface area contributed by atoms with Crippen LogP contribution in [0.3, 0.4) is 0 Å². The molecule has 0 spiro atoms. The van der Waals surface area contributed by atoms with Gasteiger partial charge in [-0.2, -0.15) is 0 Å². The van der Waals surface area contributed by atoms with Gasteiger partial charge in [-0.1, -0.05) is 24.3 Å². The van der Waals surface area contributed by atoms with Crippen LogP contribution < -0.4 is 11.5 Å². The Morgan fingerprint density at radius 2 is 2.06 bits per heavy atom. The molecule has 6 N–H and O–H groups in total. The van der Waals surface area contributed by atoms with Gasteiger partial charge >= 0.3 is 0 Å². The molecule has 0 bridgehead atoms. The number of aliphatic hydroxyl groups is 1. The van der Waals surface area contributed by atoms with E-state index in [9.17, 15) is 10.2 Å². The number of aliphatic hydroxyl groups excluding tert-OH is 1. The van der Waals surface area contributed by atoms with Crippen molar-refractivity contribution in [3.05, 3.63) is 47.6 Å². The van der Waals surface area contributed by atoms with Crippen molar-refractivity contribution in [3.63, 3.8) is 0 Å². The Bertz CT molecular complexity index is 480. The lowest BCUT2D eigenvalue weighted by molar-refractivity contribution is 0.206. The number of phenols is 1. The summed E-state index contributed by atoms with van der Waals surface area (Å²) in [6.07, 6.45) is 5.39. The largest absolute Gasteiger partial charge is 0.506 e. The van der Waals surface area contributed by atoms with E-state index in [1.807, 2.05) is 12.1 Å². The van der Waals surface area contributed by atoms with Crippen LogP contribution in [0.4, 0.5) is 5.69 Å². The fourth-order valence-corrected chi connectivity index (χ4v) is 1.79. The Kier molecular flexibility index (Phi) is 3.17. The van der Waals surface area contributed by atoms with E-state index in [2.05, 4.69) is 0 Å². The number of anilines is 1. The smallest absolute Gasteiger partial charge is 0.138 e. The van der Waals surface area contributed by atoms with E-state index in [1.54, 1.807) is 24.3 Å². The highest BCUT2D eigenvalue weighted by Crippen LogP contribution is 2.23. The molecule has 1 aliphatic rings. The third kappa shape index (κ3) is 2.67. The molecule has 0 heterocycles. The summed E-state index contributed by atoms with van der Waals surface area (Å²) in [4.78, 5) is 0. The zero-order valence-electron chi connectivity index (χ0n) is 9.38. The lowest BCUT2D eigenvalue weighted by Gasteiger charge is -2.18. The molecule has 0 fully saturated rings. The number of hydrogen-bond donors (Lipinski definition) is 4. The minimum Gasteiger partial charge on any atom is -0.506 e. The molecule has 1 aromatic rings. The molecular formula is C13H16N2O2. The zero-order valence-corrected chi connectivity index (χ0v) is 9.38. The van der Waals surface area contributed by atoms with E-state index in [4.69, 9.17) is 11.5 Å². The molecule has 0 radical (unpaired) electrons. The number of rotatable bonds is 2. The Morgan fingerprint density at radius 3 is 2.71 bits per heavy atom. The molecular weight excluding hydrogens is 216 g/mol. The Balaban J connectivity index is 2.14. The number of nitrogens with two attached hydrogens (primary N) is 2. The monoisotopic (exact) mass is 232 g/mol. The van der Waals surface area contributed by atoms with E-state index < -0.39 is 6.10 Å². The Labute approximate surface area is 99.9 Å². The number of allylic oxidation sites excluding steroid dienone is 2. The summed E-state index contributed by atoms with van der Waals surface area (Å²) < 4.78 is 0. The highest BCUT2D eigenvalue weighted by Gasteiger charge is 2.14. The molecule has 90 valence electrons. The van der Waals surface area contributed by atoms with Gasteiger partial charge in [0, 0.05) is 0 Å². The van der Waals surface area contributed by atoms with Gasteiger partial charge in [0.15, 0.2) is 0 Å². The molecule has 2 unspecified atom stereocenters. The molecule has 17 heavy (non-hydrogen) atoms. The SMILES string of the molecule is Nc1ccc(CC2=CC(O)C(N)C=C2)cc1O. The van der Waals surface area contributed by atoms with E-state index in [0.717, 1.165) is 11.1 Å². The molecule has 1 aliphatic carbocycles. The third-order valence-electron chi connectivity index (χ3n) is 2.81. The fraction of sp³-hybridized carbons (Fsp3) is 0.231. The fourth-order valence-electron chi connectivity index (χ4n) is 1.79. The van der Waals surface area contributed by atoms with Crippen LogP contribution >= 0.6 is 0 Å². The second-order valence-electron chi connectivity index (χ2n) is 4.24. The predicted molar refractivity (Wildman–Crippen MR) is 67.4 cm³/mol. The molecule has 4 heteroatoms. The summed E-state index contributed by atoms with van der Waals surface area (Å²) in [6.45, 7) is 0. The van der Waals surface area contributed by atoms with Gasteiger partial charge in [-0.05, 0) is 29.7 Å². The van der Waals surface area contributed by atoms with Gasteiger partial charge < -0.3 is 21.7 Å². The molecule has 4 nitrogen and oxygen atoms in total. The van der Waals surface area contributed by atoms with Crippen LogP contribution in [0.15, 0.2) is 42.0 Å². The molecule has 1 aromatic carbocycles. The third-order valence-corrected chi connectivity index (χ3v) is 2.81. The second-order valence-corrected chi connectivity index (χ2v) is 4.24. The first-order chi connectivity index (χ1) is 8.06. The summed E-state index contributed by atoms with van der Waals surface area (Å²) >= 11 is 0. The average Bonchev–Trinajstić information content (AvgIpc) is 2.29. The summed E-state index contributed by atoms with van der Waals surface area (Å²) in [5.41, 5.74) is 13.4. The van der Waals surface area contributed by atoms with Gasteiger partial charge in [0.25, 0.3) is 0 Å². The van der Waals surface area contributed by atoms with Crippen LogP contribution in [0.1, 0.15) is 5.56 Å². The zero-order chi connectivity index (χ0) is 12.4. The first kappa shape index (κ1) is 11.7. The molecule has 0 saturated carbocycles. The standard InChI is InChI=1S/C13H16N2O2/c14-10-3-1-8(6-12(10)16)5-9-2-4-11(15)13(17)7-9/h1-4,6-7,10,12,16-17H,5,14-15H2. The van der Waals surface area contributed by atoms with Crippen molar-refractivity contribution < 1.29 is 10.2 Å². The molecule has 0 amide bonds. The number of phenolic OH excluding ortho intramolecular Hbond substituents is 1. The summed E-state index contributed by atoms with van der Waals surface area (Å²) in [5.74, 6) is 0.0835. The normalized spacial score (nSPS) is 23.5. The van der Waals surface area contributed by atoms with Crippen LogP contribution in [0.2, 0.25) is 0 Å². The molecule has 2 rings (SSSR count). The Hall–Kier alpha value is -1.78. The van der Waals surface area contributed by atoms with Gasteiger partial charge in [-0.3, -0.25) is 0 Å². The predicted octanol–water partition coefficient (Wildman–Crippen LogP) is 0.701. The summed E-state index contributed by atoms with van der Waals surface area (Å²) in [6, 6.07) is 4.81. The van der Waals surface area contributed by atoms with Crippen molar-refractivity contribution in [2.45, 2.75) is 18.6 Å². The van der Waals surface area contributed by atoms with Gasteiger partial charge in [0.2, 0.25) is 0 Å². The van der Waals surface area contributed by atoms with Crippen LogP contribution in [-0.4, -0.2) is 22.4 Å². The van der Waals surface area contributed by atoms with Crippen LogP contribution in [0, 0.1) is 0 Å². The topological polar surface area (TPSA) is 92.5 Å². The second kappa shape index (κ2) is 4.61. The van der Waals surface area contributed by atoms with Gasteiger partial charge in [0.05, 0.1) is 17.8 Å². The number of aromatic hydroxyl groups is 1. The van der Waals surface area contributed by atoms with Crippen molar-refractivity contribution >= 4 is 5.69 Å². The van der Waals surface area contributed by atoms with Crippen LogP contribution in [0.5, 0.6) is 5.75 Å². The van der Waals surface area contributed by atoms with E-state index in [-0.39, 0.29) is 11.8 Å². The maximum absolute atomic E-state index is 9.60.